The molecule has 3 N–H and O–H groups in total. The van der Waals surface area contributed by atoms with Crippen molar-refractivity contribution in [3.05, 3.63) is 33.9 Å². The van der Waals surface area contributed by atoms with Gasteiger partial charge in [0.15, 0.2) is 0 Å². The second-order valence-electron chi connectivity index (χ2n) is 4.46. The summed E-state index contributed by atoms with van der Waals surface area (Å²) in [6, 6.07) is 0. The number of aliphatic hydroxyl groups is 1. The summed E-state index contributed by atoms with van der Waals surface area (Å²) in [6.45, 7) is 7.20. The molecule has 0 spiro atoms. The number of benzene rings is 1. The van der Waals surface area contributed by atoms with E-state index in [1.165, 1.54) is 0 Å². The van der Waals surface area contributed by atoms with Crippen LogP contribution in [0.25, 0.3) is 0 Å². The van der Waals surface area contributed by atoms with Gasteiger partial charge in [-0.2, -0.15) is 0 Å². The highest BCUT2D eigenvalue weighted by atomic mass is 16.3. The summed E-state index contributed by atoms with van der Waals surface area (Å²) < 4.78 is 0. The Labute approximate surface area is 102 Å². The van der Waals surface area contributed by atoms with Crippen LogP contribution in [0.3, 0.4) is 0 Å². The molecule has 3 heteroatoms. The predicted molar refractivity (Wildman–Crippen MR) is 68.5 cm³/mol. The summed E-state index contributed by atoms with van der Waals surface area (Å²) >= 11 is 0. The first-order valence-electron chi connectivity index (χ1n) is 5.67. The molecule has 94 valence electrons. The summed E-state index contributed by atoms with van der Waals surface area (Å²) in [7, 11) is 0. The molecule has 0 radical (unpaired) electrons. The predicted octanol–water partition coefficient (Wildman–Crippen LogP) is 2.50. The Morgan fingerprint density at radius 2 is 1.53 bits per heavy atom. The minimum Gasteiger partial charge on any atom is -0.507 e. The van der Waals surface area contributed by atoms with Crippen LogP contribution < -0.4 is 0 Å². The van der Waals surface area contributed by atoms with Crippen LogP contribution in [0.2, 0.25) is 0 Å². The number of hydrogen-bond acceptors (Lipinski definition) is 3. The van der Waals surface area contributed by atoms with E-state index in [0.29, 0.717) is 23.1 Å². The fraction of sp³-hybridized carbons (Fsp3) is 0.429. The van der Waals surface area contributed by atoms with Gasteiger partial charge in [-0.3, -0.25) is 0 Å². The van der Waals surface area contributed by atoms with Crippen molar-refractivity contribution in [1.29, 1.82) is 0 Å². The summed E-state index contributed by atoms with van der Waals surface area (Å²) in [5.74, 6) is 0.477. The molecule has 1 aromatic rings. The first-order valence-corrected chi connectivity index (χ1v) is 5.67. The molecule has 17 heavy (non-hydrogen) atoms. The molecule has 0 atom stereocenters. The zero-order valence-corrected chi connectivity index (χ0v) is 10.8. The van der Waals surface area contributed by atoms with Gasteiger partial charge in [0.05, 0.1) is 6.61 Å². The van der Waals surface area contributed by atoms with Gasteiger partial charge in [0.25, 0.3) is 0 Å². The van der Waals surface area contributed by atoms with Crippen molar-refractivity contribution in [2.45, 2.75) is 34.1 Å². The molecule has 0 unspecified atom stereocenters. The first-order chi connectivity index (χ1) is 7.90. The lowest BCUT2D eigenvalue weighted by Gasteiger charge is -2.15. The van der Waals surface area contributed by atoms with Gasteiger partial charge in [-0.15, -0.1) is 0 Å². The normalized spacial score (nSPS) is 11.9. The average Bonchev–Trinajstić information content (AvgIpc) is 2.33. The van der Waals surface area contributed by atoms with Crippen molar-refractivity contribution >= 4 is 0 Å². The van der Waals surface area contributed by atoms with Crippen LogP contribution in [0.1, 0.15) is 29.2 Å². The number of phenolic OH excluding ortho intramolecular Hbond substituents is 2. The van der Waals surface area contributed by atoms with E-state index in [1.54, 1.807) is 20.8 Å². The van der Waals surface area contributed by atoms with Gasteiger partial charge in [0.2, 0.25) is 0 Å². The monoisotopic (exact) mass is 236 g/mol. The fourth-order valence-electron chi connectivity index (χ4n) is 1.77. The molecular formula is C14H20O3. The largest absolute Gasteiger partial charge is 0.507 e. The van der Waals surface area contributed by atoms with Crippen LogP contribution >= 0.6 is 0 Å². The number of allylic oxidation sites excluding steroid dienone is 1. The minimum atomic E-state index is 0.0106. The molecule has 0 bridgehead atoms. The molecule has 1 rings (SSSR count). The molecular weight excluding hydrogens is 216 g/mol. The molecule has 0 aliphatic carbocycles. The number of phenols is 2. The van der Waals surface area contributed by atoms with E-state index >= 15 is 0 Å². The van der Waals surface area contributed by atoms with Gasteiger partial charge in [0, 0.05) is 5.56 Å². The molecule has 0 saturated heterocycles. The summed E-state index contributed by atoms with van der Waals surface area (Å²) in [4.78, 5) is 0. The molecule has 3 nitrogen and oxygen atoms in total. The molecule has 0 amide bonds. The topological polar surface area (TPSA) is 60.7 Å². The van der Waals surface area contributed by atoms with Gasteiger partial charge in [0.1, 0.15) is 11.5 Å². The molecule has 0 aliphatic heterocycles. The van der Waals surface area contributed by atoms with E-state index in [1.807, 2.05) is 13.0 Å². The third-order valence-corrected chi connectivity index (χ3v) is 3.27. The lowest BCUT2D eigenvalue weighted by molar-refractivity contribution is 0.331. The van der Waals surface area contributed by atoms with Crippen molar-refractivity contribution in [3.8, 4) is 11.5 Å². The van der Waals surface area contributed by atoms with Gasteiger partial charge in [-0.05, 0) is 50.8 Å². The fourth-order valence-corrected chi connectivity index (χ4v) is 1.77. The average molecular weight is 236 g/mol. The highest BCUT2D eigenvalue weighted by Gasteiger charge is 2.15. The maximum absolute atomic E-state index is 10.1. The summed E-state index contributed by atoms with van der Waals surface area (Å²) in [5.41, 5.74) is 3.69. The Hall–Kier alpha value is -1.48. The zero-order chi connectivity index (χ0) is 13.2. The molecule has 1 aromatic carbocycles. The van der Waals surface area contributed by atoms with Gasteiger partial charge in [-0.25, -0.2) is 0 Å². The van der Waals surface area contributed by atoms with E-state index in [0.717, 1.165) is 11.1 Å². The number of rotatable bonds is 3. The first kappa shape index (κ1) is 13.6. The second-order valence-corrected chi connectivity index (χ2v) is 4.46. The van der Waals surface area contributed by atoms with Crippen molar-refractivity contribution in [1.82, 2.24) is 0 Å². The Morgan fingerprint density at radius 1 is 1.00 bits per heavy atom. The second kappa shape index (κ2) is 5.23. The van der Waals surface area contributed by atoms with Gasteiger partial charge >= 0.3 is 0 Å². The summed E-state index contributed by atoms with van der Waals surface area (Å²) in [6.07, 6.45) is 2.37. The lowest BCUT2D eigenvalue weighted by atomic mass is 9.95. The Balaban J connectivity index is 3.25. The van der Waals surface area contributed by atoms with E-state index in [2.05, 4.69) is 0 Å². The van der Waals surface area contributed by atoms with E-state index in [4.69, 9.17) is 5.11 Å². The number of aromatic hydroxyl groups is 2. The van der Waals surface area contributed by atoms with Gasteiger partial charge in [-0.1, -0.05) is 11.6 Å². The highest BCUT2D eigenvalue weighted by Crippen LogP contribution is 2.36. The molecule has 0 saturated carbocycles. The van der Waals surface area contributed by atoms with Crippen LogP contribution in [0, 0.1) is 20.8 Å². The van der Waals surface area contributed by atoms with Crippen LogP contribution in [0.5, 0.6) is 11.5 Å². The van der Waals surface area contributed by atoms with E-state index < -0.39 is 0 Å². The van der Waals surface area contributed by atoms with Gasteiger partial charge < -0.3 is 15.3 Å². The molecule has 0 fully saturated rings. The minimum absolute atomic E-state index is 0.0106. The van der Waals surface area contributed by atoms with Crippen LogP contribution in [0.15, 0.2) is 11.6 Å². The van der Waals surface area contributed by atoms with Crippen LogP contribution in [0.4, 0.5) is 0 Å². The van der Waals surface area contributed by atoms with Crippen LogP contribution in [-0.4, -0.2) is 21.9 Å². The number of aliphatic hydroxyl groups excluding tert-OH is 1. The maximum Gasteiger partial charge on any atom is 0.122 e. The molecule has 0 aliphatic rings. The van der Waals surface area contributed by atoms with Crippen molar-refractivity contribution in [2.75, 3.05) is 6.61 Å². The third-order valence-electron chi connectivity index (χ3n) is 3.27. The Bertz CT molecular complexity index is 430. The van der Waals surface area contributed by atoms with Crippen molar-refractivity contribution in [2.24, 2.45) is 0 Å². The van der Waals surface area contributed by atoms with E-state index in [9.17, 15) is 10.2 Å². The highest BCUT2D eigenvalue weighted by molar-refractivity contribution is 5.57. The molecule has 0 aromatic heterocycles. The van der Waals surface area contributed by atoms with Crippen molar-refractivity contribution in [3.63, 3.8) is 0 Å². The van der Waals surface area contributed by atoms with Crippen molar-refractivity contribution < 1.29 is 15.3 Å². The lowest BCUT2D eigenvalue weighted by Crippen LogP contribution is -1.96. The standard InChI is InChI=1S/C14H20O3/c1-8(7-15)5-6-12-11(4)13(16)9(2)10(3)14(12)17/h5,15-17H,6-7H2,1-4H3. The maximum atomic E-state index is 10.1. The van der Waals surface area contributed by atoms with Crippen LogP contribution in [-0.2, 0) is 6.42 Å². The van der Waals surface area contributed by atoms with E-state index in [-0.39, 0.29) is 18.1 Å². The zero-order valence-electron chi connectivity index (χ0n) is 10.8. The smallest absolute Gasteiger partial charge is 0.122 e. The number of hydrogen-bond donors (Lipinski definition) is 3. The third kappa shape index (κ3) is 2.61. The Kier molecular flexibility index (Phi) is 4.18. The SMILES string of the molecule is CC(=CCc1c(C)c(O)c(C)c(C)c1O)CO. The Morgan fingerprint density at radius 3 is 2.06 bits per heavy atom. The molecule has 0 heterocycles. The summed E-state index contributed by atoms with van der Waals surface area (Å²) in [5, 5.41) is 28.9. The quantitative estimate of drug-likeness (QED) is 0.558.